The zero-order chi connectivity index (χ0) is 14.7. The van der Waals surface area contributed by atoms with Crippen molar-refractivity contribution in [1.29, 1.82) is 0 Å². The summed E-state index contributed by atoms with van der Waals surface area (Å²) in [5.74, 6) is 0.392. The fourth-order valence-electron chi connectivity index (χ4n) is 2.63. The highest BCUT2D eigenvalue weighted by Crippen LogP contribution is 2.25. The Labute approximate surface area is 124 Å². The summed E-state index contributed by atoms with van der Waals surface area (Å²) in [5, 5.41) is 9.28. The normalized spacial score (nSPS) is 16.7. The van der Waals surface area contributed by atoms with Crippen molar-refractivity contribution in [3.8, 4) is 0 Å². The lowest BCUT2D eigenvalue weighted by Gasteiger charge is -2.34. The van der Waals surface area contributed by atoms with Crippen molar-refractivity contribution in [2.75, 3.05) is 38.6 Å². The number of pyridine rings is 1. The van der Waals surface area contributed by atoms with E-state index >= 15 is 0 Å². The standard InChI is InChI=1S/C14H20ClN3O2/c1-17(2)9-10-3-5-18(6-4-10)13-7-11(14(19)20)12(15)8-16-13/h7-8,10H,3-6,9H2,1-2H3,(H,19,20). The van der Waals surface area contributed by atoms with Crippen LogP contribution in [0.3, 0.4) is 0 Å². The van der Waals surface area contributed by atoms with E-state index in [2.05, 4.69) is 28.9 Å². The molecule has 1 N–H and O–H groups in total. The SMILES string of the molecule is CN(C)CC1CCN(c2cc(C(=O)O)c(Cl)cn2)CC1. The minimum Gasteiger partial charge on any atom is -0.478 e. The molecule has 110 valence electrons. The van der Waals surface area contributed by atoms with Gasteiger partial charge in [-0.3, -0.25) is 0 Å². The Morgan fingerprint density at radius 1 is 1.50 bits per heavy atom. The summed E-state index contributed by atoms with van der Waals surface area (Å²) in [6.45, 7) is 2.92. The van der Waals surface area contributed by atoms with Crippen LogP contribution in [0.1, 0.15) is 23.2 Å². The summed E-state index contributed by atoms with van der Waals surface area (Å²) in [7, 11) is 4.18. The van der Waals surface area contributed by atoms with Crippen molar-refractivity contribution in [3.05, 3.63) is 22.8 Å². The molecule has 1 aromatic rings. The third kappa shape index (κ3) is 3.61. The van der Waals surface area contributed by atoms with E-state index in [-0.39, 0.29) is 10.6 Å². The molecule has 1 aliphatic rings. The molecule has 0 spiro atoms. The van der Waals surface area contributed by atoms with Crippen LogP contribution in [-0.2, 0) is 0 Å². The number of nitrogens with zero attached hydrogens (tertiary/aromatic N) is 3. The van der Waals surface area contributed by atoms with E-state index in [1.54, 1.807) is 6.07 Å². The second-order valence-corrected chi connectivity index (χ2v) is 5.93. The van der Waals surface area contributed by atoms with Crippen molar-refractivity contribution in [1.82, 2.24) is 9.88 Å². The smallest absolute Gasteiger partial charge is 0.337 e. The molecule has 5 nitrogen and oxygen atoms in total. The Morgan fingerprint density at radius 3 is 2.70 bits per heavy atom. The van der Waals surface area contributed by atoms with E-state index in [0.29, 0.717) is 11.7 Å². The van der Waals surface area contributed by atoms with Crippen molar-refractivity contribution in [3.63, 3.8) is 0 Å². The van der Waals surface area contributed by atoms with E-state index in [1.165, 1.54) is 6.20 Å². The lowest BCUT2D eigenvalue weighted by molar-refractivity contribution is 0.0697. The third-order valence-corrected chi connectivity index (χ3v) is 3.93. The molecule has 6 heteroatoms. The van der Waals surface area contributed by atoms with Gasteiger partial charge in [-0.25, -0.2) is 9.78 Å². The molecule has 0 radical (unpaired) electrons. The average Bonchev–Trinajstić information content (AvgIpc) is 2.39. The Balaban J connectivity index is 2.03. The highest BCUT2D eigenvalue weighted by molar-refractivity contribution is 6.33. The number of aromatic nitrogens is 1. The highest BCUT2D eigenvalue weighted by Gasteiger charge is 2.22. The summed E-state index contributed by atoms with van der Waals surface area (Å²) in [4.78, 5) is 19.7. The zero-order valence-electron chi connectivity index (χ0n) is 11.8. The largest absolute Gasteiger partial charge is 0.478 e. The van der Waals surface area contributed by atoms with Crippen LogP contribution in [0.5, 0.6) is 0 Å². The zero-order valence-corrected chi connectivity index (χ0v) is 12.6. The number of carboxylic acids is 1. The van der Waals surface area contributed by atoms with Crippen LogP contribution < -0.4 is 4.90 Å². The number of hydrogen-bond donors (Lipinski definition) is 1. The molecule has 20 heavy (non-hydrogen) atoms. The fraction of sp³-hybridized carbons (Fsp3) is 0.571. The van der Waals surface area contributed by atoms with Gasteiger partial charge in [0.2, 0.25) is 0 Å². The van der Waals surface area contributed by atoms with Gasteiger partial charge in [-0.1, -0.05) is 11.6 Å². The molecule has 0 aromatic carbocycles. The maximum atomic E-state index is 11.1. The first kappa shape index (κ1) is 15.1. The number of piperidine rings is 1. The van der Waals surface area contributed by atoms with E-state index in [9.17, 15) is 4.79 Å². The molecular weight excluding hydrogens is 278 g/mol. The first-order valence-electron chi connectivity index (χ1n) is 6.76. The molecule has 1 aromatic heterocycles. The van der Waals surface area contributed by atoms with Gasteiger partial charge in [0.05, 0.1) is 10.6 Å². The summed E-state index contributed by atoms with van der Waals surface area (Å²) >= 11 is 5.84. The first-order chi connectivity index (χ1) is 9.47. The minimum absolute atomic E-state index is 0.118. The molecule has 0 unspecified atom stereocenters. The van der Waals surface area contributed by atoms with Gasteiger partial charge in [0.25, 0.3) is 0 Å². The summed E-state index contributed by atoms with van der Waals surface area (Å²) in [6, 6.07) is 1.57. The van der Waals surface area contributed by atoms with Crippen molar-refractivity contribution < 1.29 is 9.90 Å². The maximum Gasteiger partial charge on any atom is 0.337 e. The monoisotopic (exact) mass is 297 g/mol. The van der Waals surface area contributed by atoms with Gasteiger partial charge >= 0.3 is 5.97 Å². The van der Waals surface area contributed by atoms with Gasteiger partial charge in [0.15, 0.2) is 0 Å². The van der Waals surface area contributed by atoms with E-state index in [1.807, 2.05) is 0 Å². The van der Waals surface area contributed by atoms with Gasteiger partial charge in [0.1, 0.15) is 5.82 Å². The lowest BCUT2D eigenvalue weighted by Crippen LogP contribution is -2.37. The topological polar surface area (TPSA) is 56.7 Å². The average molecular weight is 298 g/mol. The molecule has 2 rings (SSSR count). The first-order valence-corrected chi connectivity index (χ1v) is 7.13. The van der Waals surface area contributed by atoms with Crippen LogP contribution in [0.2, 0.25) is 5.02 Å². The van der Waals surface area contributed by atoms with Crippen LogP contribution in [-0.4, -0.2) is 54.7 Å². The predicted molar refractivity (Wildman–Crippen MR) is 79.7 cm³/mol. The summed E-state index contributed by atoms with van der Waals surface area (Å²) in [5.41, 5.74) is 0.118. The molecule has 0 amide bonds. The molecular formula is C14H20ClN3O2. The number of rotatable bonds is 4. The Morgan fingerprint density at radius 2 is 2.15 bits per heavy atom. The van der Waals surface area contributed by atoms with E-state index in [4.69, 9.17) is 16.7 Å². The van der Waals surface area contributed by atoms with Gasteiger partial charge in [-0.15, -0.1) is 0 Å². The van der Waals surface area contributed by atoms with E-state index in [0.717, 1.165) is 32.5 Å². The van der Waals surface area contributed by atoms with Crippen molar-refractivity contribution in [2.24, 2.45) is 5.92 Å². The molecule has 1 fully saturated rings. The number of carbonyl (C=O) groups is 1. The number of aromatic carboxylic acids is 1. The van der Waals surface area contributed by atoms with Crippen LogP contribution in [0, 0.1) is 5.92 Å². The molecule has 1 saturated heterocycles. The summed E-state index contributed by atoms with van der Waals surface area (Å²) < 4.78 is 0. The molecule has 0 aliphatic carbocycles. The maximum absolute atomic E-state index is 11.1. The molecule has 0 saturated carbocycles. The van der Waals surface area contributed by atoms with Crippen LogP contribution in [0.4, 0.5) is 5.82 Å². The van der Waals surface area contributed by atoms with Gasteiger partial charge < -0.3 is 14.9 Å². The Kier molecular flexibility index (Phi) is 4.83. The minimum atomic E-state index is -1.01. The van der Waals surface area contributed by atoms with Gasteiger partial charge in [-0.2, -0.15) is 0 Å². The Bertz CT molecular complexity index is 485. The molecule has 0 atom stereocenters. The highest BCUT2D eigenvalue weighted by atomic mass is 35.5. The van der Waals surface area contributed by atoms with Crippen LogP contribution in [0.15, 0.2) is 12.3 Å². The van der Waals surface area contributed by atoms with Gasteiger partial charge in [0, 0.05) is 25.8 Å². The quantitative estimate of drug-likeness (QED) is 0.923. The molecule has 2 heterocycles. The third-order valence-electron chi connectivity index (χ3n) is 3.63. The number of hydrogen-bond acceptors (Lipinski definition) is 4. The van der Waals surface area contributed by atoms with E-state index < -0.39 is 5.97 Å². The fourth-order valence-corrected chi connectivity index (χ4v) is 2.81. The number of anilines is 1. The predicted octanol–water partition coefficient (Wildman–Crippen LogP) is 2.21. The van der Waals surface area contributed by atoms with Crippen molar-refractivity contribution in [2.45, 2.75) is 12.8 Å². The second kappa shape index (κ2) is 6.41. The lowest BCUT2D eigenvalue weighted by atomic mass is 9.96. The molecule has 1 aliphatic heterocycles. The second-order valence-electron chi connectivity index (χ2n) is 5.52. The van der Waals surface area contributed by atoms with Crippen molar-refractivity contribution >= 4 is 23.4 Å². The van der Waals surface area contributed by atoms with Crippen LogP contribution >= 0.6 is 11.6 Å². The van der Waals surface area contributed by atoms with Crippen LogP contribution in [0.25, 0.3) is 0 Å². The van der Waals surface area contributed by atoms with Gasteiger partial charge in [-0.05, 0) is 38.9 Å². The summed E-state index contributed by atoms with van der Waals surface area (Å²) in [6.07, 6.45) is 3.63. The Hall–Kier alpha value is -1.33. The number of carboxylic acid groups (broad SMARTS) is 1. The number of halogens is 1. The molecule has 0 bridgehead atoms.